The quantitative estimate of drug-likeness (QED) is 0.770. The number of para-hydroxylation sites is 1. The van der Waals surface area contributed by atoms with Crippen molar-refractivity contribution in [2.24, 2.45) is 0 Å². The third-order valence-electron chi connectivity index (χ3n) is 4.07. The van der Waals surface area contributed by atoms with Gasteiger partial charge in [0, 0.05) is 30.0 Å². The fraction of sp³-hybridized carbons (Fsp3) is 0.316. The van der Waals surface area contributed by atoms with E-state index in [-0.39, 0.29) is 5.56 Å². The van der Waals surface area contributed by atoms with Crippen LogP contribution in [0.5, 0.6) is 0 Å². The number of piperazine rings is 1. The van der Waals surface area contributed by atoms with Gasteiger partial charge in [-0.25, -0.2) is 0 Å². The third-order valence-corrected chi connectivity index (χ3v) is 4.07. The van der Waals surface area contributed by atoms with Crippen LogP contribution in [0.4, 0.5) is 11.4 Å². The van der Waals surface area contributed by atoms with Gasteiger partial charge in [-0.15, -0.1) is 0 Å². The van der Waals surface area contributed by atoms with Crippen molar-refractivity contribution in [1.82, 2.24) is 5.32 Å². The highest BCUT2D eigenvalue weighted by Gasteiger charge is 2.05. The molecule has 0 aromatic heterocycles. The van der Waals surface area contributed by atoms with E-state index in [4.69, 9.17) is 0 Å². The minimum atomic E-state index is -1.18. The number of aromatic carboxylic acids is 1. The van der Waals surface area contributed by atoms with E-state index < -0.39 is 5.97 Å². The lowest BCUT2D eigenvalue weighted by Crippen LogP contribution is -2.89. The second kappa shape index (κ2) is 9.05. The first-order valence-corrected chi connectivity index (χ1v) is 8.25. The summed E-state index contributed by atoms with van der Waals surface area (Å²) < 4.78 is 0. The average molecular weight is 327 g/mol. The molecule has 1 heterocycles. The predicted octanol–water partition coefficient (Wildman–Crippen LogP) is 0.564. The van der Waals surface area contributed by atoms with Crippen LogP contribution in [0.2, 0.25) is 0 Å². The Morgan fingerprint density at radius 1 is 1.04 bits per heavy atom. The fourth-order valence-corrected chi connectivity index (χ4v) is 2.48. The third kappa shape index (κ3) is 5.08. The fourth-order valence-electron chi connectivity index (χ4n) is 2.48. The summed E-state index contributed by atoms with van der Waals surface area (Å²) in [5.41, 5.74) is 3.88. The number of quaternary nitrogens is 1. The molecule has 0 radical (unpaired) electrons. The minimum Gasteiger partial charge on any atom is -0.545 e. The molecule has 2 aromatic rings. The number of aryl methyl sites for hydroxylation is 1. The number of hydrogen-bond donors (Lipinski definition) is 3. The Labute approximate surface area is 143 Å². The van der Waals surface area contributed by atoms with Gasteiger partial charge >= 0.3 is 0 Å². The first-order valence-electron chi connectivity index (χ1n) is 8.25. The lowest BCUT2D eigenvalue weighted by molar-refractivity contribution is -0.657. The maximum Gasteiger partial charge on any atom is 0.0882 e. The number of carboxylic acids is 1. The van der Waals surface area contributed by atoms with E-state index in [9.17, 15) is 9.90 Å². The highest BCUT2D eigenvalue weighted by atomic mass is 16.4. The van der Waals surface area contributed by atoms with Crippen molar-refractivity contribution >= 4 is 17.3 Å². The van der Waals surface area contributed by atoms with Gasteiger partial charge in [0.25, 0.3) is 0 Å². The van der Waals surface area contributed by atoms with Crippen molar-refractivity contribution in [1.29, 1.82) is 0 Å². The van der Waals surface area contributed by atoms with E-state index in [0.29, 0.717) is 5.69 Å². The van der Waals surface area contributed by atoms with Crippen molar-refractivity contribution in [2.45, 2.75) is 13.8 Å². The summed E-state index contributed by atoms with van der Waals surface area (Å²) in [6.45, 7) is 8.93. The van der Waals surface area contributed by atoms with Crippen molar-refractivity contribution in [3.63, 3.8) is 0 Å². The molecule has 5 nitrogen and oxygen atoms in total. The largest absolute Gasteiger partial charge is 0.545 e. The summed E-state index contributed by atoms with van der Waals surface area (Å²) in [7, 11) is 0. The van der Waals surface area contributed by atoms with Gasteiger partial charge in [-0.1, -0.05) is 30.3 Å². The number of anilines is 2. The predicted molar refractivity (Wildman–Crippen MR) is 94.5 cm³/mol. The summed E-state index contributed by atoms with van der Waals surface area (Å²) >= 11 is 0. The van der Waals surface area contributed by atoms with Crippen molar-refractivity contribution in [3.05, 3.63) is 59.2 Å². The Kier molecular flexibility index (Phi) is 6.78. The van der Waals surface area contributed by atoms with Gasteiger partial charge < -0.3 is 25.9 Å². The number of carboxylic acid groups (broad SMARTS) is 1. The number of rotatable bonds is 3. The second-order valence-electron chi connectivity index (χ2n) is 5.82. The monoisotopic (exact) mass is 327 g/mol. The molecule has 1 fully saturated rings. The van der Waals surface area contributed by atoms with Crippen LogP contribution in [-0.2, 0) is 0 Å². The number of carbonyl (C=O) groups excluding carboxylic acids is 1. The SMILES string of the molecule is C1C[NH2+]CCN1.Cc1cccc(Nc2ccccc2C(=O)[O-])c1C. The van der Waals surface area contributed by atoms with E-state index in [2.05, 4.69) is 16.0 Å². The topological polar surface area (TPSA) is 80.8 Å². The van der Waals surface area contributed by atoms with Crippen molar-refractivity contribution in [3.8, 4) is 0 Å². The van der Waals surface area contributed by atoms with Crippen LogP contribution >= 0.6 is 0 Å². The van der Waals surface area contributed by atoms with Gasteiger partial charge in [0.1, 0.15) is 0 Å². The molecule has 0 bridgehead atoms. The highest BCUT2D eigenvalue weighted by molar-refractivity contribution is 5.93. The Bertz CT molecular complexity index is 671. The molecule has 2 aromatic carbocycles. The molecule has 3 rings (SSSR count). The Balaban J connectivity index is 0.000000292. The number of nitrogens with one attached hydrogen (secondary N) is 2. The molecule has 0 amide bonds. The zero-order chi connectivity index (χ0) is 17.4. The van der Waals surface area contributed by atoms with Gasteiger partial charge in [0.05, 0.1) is 19.1 Å². The molecule has 24 heavy (non-hydrogen) atoms. The standard InChI is InChI=1S/C15H15NO2.C4H10N2/c1-10-6-5-9-13(11(10)2)16-14-8-4-3-7-12(14)15(17)18;1-2-6-4-3-5-1/h3-9,16H,1-2H3,(H,17,18);5-6H,1-4H2. The number of carbonyl (C=O) groups is 1. The van der Waals surface area contributed by atoms with Gasteiger partial charge in [0.15, 0.2) is 0 Å². The Morgan fingerprint density at radius 3 is 2.29 bits per heavy atom. The van der Waals surface area contributed by atoms with Gasteiger partial charge in [-0.3, -0.25) is 0 Å². The molecule has 0 unspecified atom stereocenters. The maximum absolute atomic E-state index is 11.0. The summed E-state index contributed by atoms with van der Waals surface area (Å²) in [5.74, 6) is -1.18. The highest BCUT2D eigenvalue weighted by Crippen LogP contribution is 2.24. The average Bonchev–Trinajstić information content (AvgIpc) is 2.61. The molecule has 5 heteroatoms. The zero-order valence-corrected chi connectivity index (χ0v) is 14.3. The second-order valence-corrected chi connectivity index (χ2v) is 5.82. The first kappa shape index (κ1) is 18.0. The van der Waals surface area contributed by atoms with Crippen LogP contribution in [0.3, 0.4) is 0 Å². The number of hydrogen-bond acceptors (Lipinski definition) is 4. The van der Waals surface area contributed by atoms with Crippen LogP contribution in [0.25, 0.3) is 0 Å². The van der Waals surface area contributed by atoms with E-state index in [1.165, 1.54) is 32.2 Å². The van der Waals surface area contributed by atoms with E-state index >= 15 is 0 Å². The molecule has 0 saturated carbocycles. The van der Waals surface area contributed by atoms with Crippen LogP contribution in [-0.4, -0.2) is 32.1 Å². The van der Waals surface area contributed by atoms with Crippen molar-refractivity contribution in [2.75, 3.05) is 31.5 Å². The lowest BCUT2D eigenvalue weighted by Gasteiger charge is -2.15. The minimum absolute atomic E-state index is 0.165. The van der Waals surface area contributed by atoms with Gasteiger partial charge in [-0.2, -0.15) is 0 Å². The van der Waals surface area contributed by atoms with E-state index in [1.807, 2.05) is 32.0 Å². The summed E-state index contributed by atoms with van der Waals surface area (Å²) in [6, 6.07) is 12.6. The number of benzene rings is 2. The van der Waals surface area contributed by atoms with Crippen LogP contribution in [0.15, 0.2) is 42.5 Å². The molecular weight excluding hydrogens is 302 g/mol. The molecular formula is C19H25N3O2. The molecule has 128 valence electrons. The Hall–Kier alpha value is -2.37. The van der Waals surface area contributed by atoms with Gasteiger partial charge in [0.2, 0.25) is 0 Å². The summed E-state index contributed by atoms with van der Waals surface area (Å²) in [4.78, 5) is 11.0. The molecule has 0 atom stereocenters. The van der Waals surface area contributed by atoms with E-state index in [0.717, 1.165) is 16.8 Å². The molecule has 4 N–H and O–H groups in total. The zero-order valence-electron chi connectivity index (χ0n) is 14.3. The maximum atomic E-state index is 11.0. The lowest BCUT2D eigenvalue weighted by atomic mass is 10.1. The molecule has 0 aliphatic carbocycles. The number of nitrogens with two attached hydrogens (primary N) is 1. The molecule has 1 saturated heterocycles. The first-order chi connectivity index (χ1) is 11.6. The Morgan fingerprint density at radius 2 is 1.71 bits per heavy atom. The molecule has 1 aliphatic heterocycles. The molecule has 1 aliphatic rings. The van der Waals surface area contributed by atoms with Gasteiger partial charge in [-0.05, 0) is 37.1 Å². The van der Waals surface area contributed by atoms with Crippen LogP contribution in [0.1, 0.15) is 21.5 Å². The summed E-state index contributed by atoms with van der Waals surface area (Å²) in [5, 5.41) is 19.7. The van der Waals surface area contributed by atoms with E-state index in [1.54, 1.807) is 18.2 Å². The smallest absolute Gasteiger partial charge is 0.0882 e. The van der Waals surface area contributed by atoms with Crippen LogP contribution in [0, 0.1) is 13.8 Å². The van der Waals surface area contributed by atoms with Crippen LogP contribution < -0.4 is 21.1 Å². The van der Waals surface area contributed by atoms with Crippen molar-refractivity contribution < 1.29 is 15.2 Å². The molecule has 0 spiro atoms. The normalized spacial score (nSPS) is 13.6. The summed E-state index contributed by atoms with van der Waals surface area (Å²) in [6.07, 6.45) is 0.